The average Bonchev–Trinajstić information content (AvgIpc) is 2.53. The third kappa shape index (κ3) is 5.07. The van der Waals surface area contributed by atoms with E-state index < -0.39 is 23.9 Å². The van der Waals surface area contributed by atoms with Crippen LogP contribution in [0.5, 0.6) is 0 Å². The number of aliphatic hydroxyl groups is 1. The fourth-order valence-corrected chi connectivity index (χ4v) is 1.84. The maximum atomic E-state index is 12.4. The summed E-state index contributed by atoms with van der Waals surface area (Å²) < 4.78 is 42.1. The van der Waals surface area contributed by atoms with Crippen molar-refractivity contribution in [3.63, 3.8) is 0 Å². The van der Waals surface area contributed by atoms with Gasteiger partial charge >= 0.3 is 12.1 Å². The van der Waals surface area contributed by atoms with E-state index in [9.17, 15) is 23.1 Å². The second kappa shape index (κ2) is 7.23. The number of aliphatic hydroxyl groups excluding tert-OH is 1. The number of nitrogens with zero attached hydrogens (tertiary/aromatic N) is 1. The van der Waals surface area contributed by atoms with Crippen molar-refractivity contribution in [1.29, 1.82) is 0 Å². The Bertz CT molecular complexity index is 642. The van der Waals surface area contributed by atoms with Gasteiger partial charge in [0.1, 0.15) is 12.3 Å². The van der Waals surface area contributed by atoms with Crippen LogP contribution in [0.15, 0.2) is 48.7 Å². The molecule has 23 heavy (non-hydrogen) atoms. The number of benzene rings is 1. The molecule has 2 rings (SSSR count). The molecule has 0 saturated carbocycles. The Labute approximate surface area is 130 Å². The van der Waals surface area contributed by atoms with Gasteiger partial charge in [-0.3, -0.25) is 4.98 Å². The highest BCUT2D eigenvalue weighted by Crippen LogP contribution is 2.27. The molecule has 0 aliphatic carbocycles. The summed E-state index contributed by atoms with van der Waals surface area (Å²) in [7, 11) is 0. The minimum atomic E-state index is -4.52. The van der Waals surface area contributed by atoms with E-state index in [4.69, 9.17) is 4.74 Å². The first-order chi connectivity index (χ1) is 10.9. The minimum absolute atomic E-state index is 0.0159. The second-order valence-corrected chi connectivity index (χ2v) is 4.86. The van der Waals surface area contributed by atoms with E-state index in [1.807, 2.05) is 6.07 Å². The van der Waals surface area contributed by atoms with Crippen molar-refractivity contribution >= 4 is 5.97 Å². The number of pyridine rings is 1. The molecule has 0 bridgehead atoms. The molecular weight excluding hydrogens is 311 g/mol. The summed E-state index contributed by atoms with van der Waals surface area (Å²) in [5.41, 5.74) is 0.0498. The molecule has 4 nitrogen and oxygen atoms in total. The predicted octanol–water partition coefficient (Wildman–Crippen LogP) is 2.75. The van der Waals surface area contributed by atoms with Gasteiger partial charge in [-0.05, 0) is 17.2 Å². The van der Waals surface area contributed by atoms with Crippen molar-refractivity contribution in [1.82, 2.24) is 4.98 Å². The van der Waals surface area contributed by atoms with Crippen LogP contribution < -0.4 is 0 Å². The van der Waals surface area contributed by atoms with Crippen LogP contribution in [-0.4, -0.2) is 22.2 Å². The number of carbonyl (C=O) groups is 1. The van der Waals surface area contributed by atoms with Crippen molar-refractivity contribution < 1.29 is 27.8 Å². The molecule has 1 N–H and O–H groups in total. The van der Waals surface area contributed by atoms with Gasteiger partial charge in [0, 0.05) is 12.6 Å². The molecule has 1 aromatic carbocycles. The molecule has 1 aromatic heterocycles. The molecule has 0 spiro atoms. The molecule has 7 heteroatoms. The van der Waals surface area contributed by atoms with E-state index in [2.05, 4.69) is 4.98 Å². The highest BCUT2D eigenvalue weighted by atomic mass is 19.4. The van der Waals surface area contributed by atoms with E-state index in [0.29, 0.717) is 5.56 Å². The molecule has 1 unspecified atom stereocenters. The lowest BCUT2D eigenvalue weighted by molar-refractivity contribution is -0.154. The summed E-state index contributed by atoms with van der Waals surface area (Å²) in [6.45, 7) is 0.0159. The third-order valence-corrected chi connectivity index (χ3v) is 3.04. The molecule has 0 aliphatic rings. The summed E-state index contributed by atoms with van der Waals surface area (Å²) >= 11 is 0. The SMILES string of the molecule is O=C(OCc1ccccc1)C(O)Cc1ccc(C(F)(F)F)nc1. The Morgan fingerprint density at radius 3 is 2.39 bits per heavy atom. The molecule has 0 radical (unpaired) electrons. The highest BCUT2D eigenvalue weighted by molar-refractivity contribution is 5.74. The van der Waals surface area contributed by atoms with Crippen molar-refractivity contribution in [2.24, 2.45) is 0 Å². The van der Waals surface area contributed by atoms with Gasteiger partial charge in [-0.25, -0.2) is 4.79 Å². The Hall–Kier alpha value is -2.41. The first-order valence-corrected chi connectivity index (χ1v) is 6.77. The third-order valence-electron chi connectivity index (χ3n) is 3.04. The topological polar surface area (TPSA) is 59.4 Å². The number of hydrogen-bond donors (Lipinski definition) is 1. The van der Waals surface area contributed by atoms with Crippen LogP contribution in [0.3, 0.4) is 0 Å². The normalized spacial score (nSPS) is 12.7. The van der Waals surface area contributed by atoms with E-state index in [-0.39, 0.29) is 13.0 Å². The van der Waals surface area contributed by atoms with Gasteiger partial charge in [-0.1, -0.05) is 36.4 Å². The van der Waals surface area contributed by atoms with Crippen LogP contribution in [0.25, 0.3) is 0 Å². The molecule has 1 atom stereocenters. The lowest BCUT2D eigenvalue weighted by Gasteiger charge is -2.11. The Morgan fingerprint density at radius 2 is 1.83 bits per heavy atom. The molecule has 0 aliphatic heterocycles. The van der Waals surface area contributed by atoms with Gasteiger partial charge in [0.05, 0.1) is 0 Å². The van der Waals surface area contributed by atoms with Crippen LogP contribution in [0.1, 0.15) is 16.8 Å². The second-order valence-electron chi connectivity index (χ2n) is 4.86. The summed E-state index contributed by atoms with van der Waals surface area (Å²) in [6, 6.07) is 10.9. The molecular formula is C16H14F3NO3. The predicted molar refractivity (Wildman–Crippen MR) is 75.2 cm³/mol. The Morgan fingerprint density at radius 1 is 1.13 bits per heavy atom. The van der Waals surface area contributed by atoms with Gasteiger partial charge < -0.3 is 9.84 Å². The van der Waals surface area contributed by atoms with Gasteiger partial charge in [-0.15, -0.1) is 0 Å². The molecule has 1 heterocycles. The van der Waals surface area contributed by atoms with Gasteiger partial charge in [-0.2, -0.15) is 13.2 Å². The van der Waals surface area contributed by atoms with Crippen LogP contribution >= 0.6 is 0 Å². The van der Waals surface area contributed by atoms with Gasteiger partial charge in [0.25, 0.3) is 0 Å². The van der Waals surface area contributed by atoms with E-state index in [1.54, 1.807) is 24.3 Å². The van der Waals surface area contributed by atoms with Crippen molar-refractivity contribution in [2.45, 2.75) is 25.3 Å². The zero-order valence-corrected chi connectivity index (χ0v) is 12.0. The van der Waals surface area contributed by atoms with Gasteiger partial charge in [0.2, 0.25) is 0 Å². The summed E-state index contributed by atoms with van der Waals surface area (Å²) in [5.74, 6) is -0.839. The number of hydrogen-bond acceptors (Lipinski definition) is 4. The monoisotopic (exact) mass is 325 g/mol. The molecule has 0 saturated heterocycles. The maximum Gasteiger partial charge on any atom is 0.433 e. The van der Waals surface area contributed by atoms with Crippen molar-refractivity contribution in [3.8, 4) is 0 Å². The van der Waals surface area contributed by atoms with Crippen LogP contribution in [0, 0.1) is 0 Å². The smallest absolute Gasteiger partial charge is 0.433 e. The largest absolute Gasteiger partial charge is 0.459 e. The summed E-state index contributed by atoms with van der Waals surface area (Å²) in [6.07, 6.45) is -5.17. The lowest BCUT2D eigenvalue weighted by atomic mass is 10.1. The lowest BCUT2D eigenvalue weighted by Crippen LogP contribution is -2.25. The Balaban J connectivity index is 1.88. The average molecular weight is 325 g/mol. The van der Waals surface area contributed by atoms with Crippen LogP contribution in [0.4, 0.5) is 13.2 Å². The van der Waals surface area contributed by atoms with E-state index in [1.165, 1.54) is 6.07 Å². The minimum Gasteiger partial charge on any atom is -0.459 e. The number of carbonyl (C=O) groups excluding carboxylic acids is 1. The number of esters is 1. The van der Waals surface area contributed by atoms with Crippen molar-refractivity contribution in [3.05, 3.63) is 65.5 Å². The highest BCUT2D eigenvalue weighted by Gasteiger charge is 2.32. The molecule has 122 valence electrons. The van der Waals surface area contributed by atoms with E-state index >= 15 is 0 Å². The maximum absolute atomic E-state index is 12.4. The summed E-state index contributed by atoms with van der Waals surface area (Å²) in [4.78, 5) is 14.9. The summed E-state index contributed by atoms with van der Waals surface area (Å²) in [5, 5.41) is 9.75. The van der Waals surface area contributed by atoms with Gasteiger partial charge in [0.15, 0.2) is 6.10 Å². The first kappa shape index (κ1) is 17.0. The number of alkyl halides is 3. The molecule has 0 fully saturated rings. The quantitative estimate of drug-likeness (QED) is 0.859. The zero-order valence-electron chi connectivity index (χ0n) is 12.0. The number of ether oxygens (including phenoxy) is 1. The standard InChI is InChI=1S/C16H14F3NO3/c17-16(18,19)14-7-6-12(9-20-14)8-13(21)15(22)23-10-11-4-2-1-3-5-11/h1-7,9,13,21H,8,10H2. The Kier molecular flexibility index (Phi) is 5.33. The zero-order chi connectivity index (χ0) is 16.9. The molecule has 2 aromatic rings. The number of halogens is 3. The number of rotatable bonds is 5. The van der Waals surface area contributed by atoms with Crippen molar-refractivity contribution in [2.75, 3.05) is 0 Å². The molecule has 0 amide bonds. The fraction of sp³-hybridized carbons (Fsp3) is 0.250. The fourth-order valence-electron chi connectivity index (χ4n) is 1.84. The van der Waals surface area contributed by atoms with Crippen LogP contribution in [-0.2, 0) is 28.7 Å². The van der Waals surface area contributed by atoms with Crippen LogP contribution in [0.2, 0.25) is 0 Å². The first-order valence-electron chi connectivity index (χ1n) is 6.77. The van der Waals surface area contributed by atoms with E-state index in [0.717, 1.165) is 17.8 Å². The number of aromatic nitrogens is 1.